The van der Waals surface area contributed by atoms with Gasteiger partial charge in [0, 0.05) is 23.9 Å². The van der Waals surface area contributed by atoms with E-state index in [0.29, 0.717) is 11.7 Å². The number of aromatic nitrogens is 3. The molecule has 0 amide bonds. The number of nitrogens with zero attached hydrogens (tertiary/aromatic N) is 3. The van der Waals surface area contributed by atoms with Crippen LogP contribution in [0.4, 0.5) is 5.82 Å². The molecule has 0 saturated heterocycles. The van der Waals surface area contributed by atoms with E-state index in [1.54, 1.807) is 7.11 Å². The largest absolute Gasteiger partial charge is 0.481 e. The van der Waals surface area contributed by atoms with Gasteiger partial charge in [-0.1, -0.05) is 19.9 Å². The van der Waals surface area contributed by atoms with Crippen LogP contribution in [0.5, 0.6) is 5.88 Å². The summed E-state index contributed by atoms with van der Waals surface area (Å²) in [5.74, 6) is 2.09. The molecule has 2 aromatic rings. The Bertz CT molecular complexity index is 613. The minimum Gasteiger partial charge on any atom is -0.481 e. The highest BCUT2D eigenvalue weighted by Crippen LogP contribution is 2.22. The van der Waals surface area contributed by atoms with Gasteiger partial charge in [0.1, 0.15) is 11.5 Å². The molecule has 0 spiro atoms. The summed E-state index contributed by atoms with van der Waals surface area (Å²) in [4.78, 5) is 13.7. The van der Waals surface area contributed by atoms with Gasteiger partial charge in [0.2, 0.25) is 5.88 Å². The van der Waals surface area contributed by atoms with Crippen molar-refractivity contribution in [3.05, 3.63) is 29.5 Å². The zero-order valence-corrected chi connectivity index (χ0v) is 13.1. The number of rotatable bonds is 6. The van der Waals surface area contributed by atoms with Crippen molar-refractivity contribution in [3.8, 4) is 17.4 Å². The van der Waals surface area contributed by atoms with Crippen LogP contribution in [0.25, 0.3) is 11.5 Å². The predicted octanol–water partition coefficient (Wildman–Crippen LogP) is 3.24. The van der Waals surface area contributed by atoms with Gasteiger partial charge in [-0.05, 0) is 25.8 Å². The summed E-state index contributed by atoms with van der Waals surface area (Å²) >= 11 is 0. The number of aryl methyl sites for hydroxylation is 1. The zero-order valence-electron chi connectivity index (χ0n) is 13.1. The number of ether oxygens (including phenoxy) is 1. The van der Waals surface area contributed by atoms with E-state index in [0.717, 1.165) is 42.2 Å². The molecule has 0 aliphatic carbocycles. The Labute approximate surface area is 125 Å². The fourth-order valence-electron chi connectivity index (χ4n) is 2.09. The number of methoxy groups -OCH3 is 1. The average Bonchev–Trinajstić information content (AvgIpc) is 2.54. The van der Waals surface area contributed by atoms with Crippen LogP contribution in [0.2, 0.25) is 0 Å². The van der Waals surface area contributed by atoms with Crippen LogP contribution < -0.4 is 10.1 Å². The van der Waals surface area contributed by atoms with Crippen LogP contribution in [0.15, 0.2) is 18.2 Å². The van der Waals surface area contributed by atoms with Gasteiger partial charge in [-0.2, -0.15) is 0 Å². The first-order chi connectivity index (χ1) is 10.2. The van der Waals surface area contributed by atoms with E-state index in [9.17, 15) is 0 Å². The van der Waals surface area contributed by atoms with Crippen molar-refractivity contribution in [2.24, 2.45) is 0 Å². The van der Waals surface area contributed by atoms with E-state index in [-0.39, 0.29) is 0 Å². The zero-order chi connectivity index (χ0) is 15.2. The third kappa shape index (κ3) is 3.48. The maximum Gasteiger partial charge on any atom is 0.213 e. The van der Waals surface area contributed by atoms with Gasteiger partial charge >= 0.3 is 0 Å². The number of pyridine rings is 1. The lowest BCUT2D eigenvalue weighted by molar-refractivity contribution is 0.398. The fourth-order valence-corrected chi connectivity index (χ4v) is 2.09. The summed E-state index contributed by atoms with van der Waals surface area (Å²) < 4.78 is 5.17. The Balaban J connectivity index is 2.47. The molecule has 0 saturated carbocycles. The second-order valence-electron chi connectivity index (χ2n) is 4.81. The van der Waals surface area contributed by atoms with Gasteiger partial charge in [0.15, 0.2) is 5.82 Å². The lowest BCUT2D eigenvalue weighted by Crippen LogP contribution is -2.09. The molecule has 2 rings (SSSR count). The van der Waals surface area contributed by atoms with Crippen LogP contribution >= 0.6 is 0 Å². The lowest BCUT2D eigenvalue weighted by atomic mass is 10.2. The minimum atomic E-state index is 0.567. The van der Waals surface area contributed by atoms with E-state index in [1.807, 2.05) is 18.2 Å². The molecule has 0 aliphatic heterocycles. The maximum absolute atomic E-state index is 5.17. The lowest BCUT2D eigenvalue weighted by Gasteiger charge is -2.13. The van der Waals surface area contributed by atoms with Gasteiger partial charge < -0.3 is 10.1 Å². The van der Waals surface area contributed by atoms with Gasteiger partial charge in [-0.15, -0.1) is 0 Å². The van der Waals surface area contributed by atoms with Crippen molar-refractivity contribution in [1.82, 2.24) is 15.0 Å². The molecular weight excluding hydrogens is 264 g/mol. The van der Waals surface area contributed by atoms with Gasteiger partial charge in [-0.25, -0.2) is 15.0 Å². The van der Waals surface area contributed by atoms with Crippen molar-refractivity contribution in [2.45, 2.75) is 33.6 Å². The quantitative estimate of drug-likeness (QED) is 0.883. The molecule has 0 aromatic carbocycles. The van der Waals surface area contributed by atoms with Crippen molar-refractivity contribution in [1.29, 1.82) is 0 Å². The number of hydrogen-bond acceptors (Lipinski definition) is 5. The van der Waals surface area contributed by atoms with Crippen LogP contribution in [-0.2, 0) is 6.42 Å². The van der Waals surface area contributed by atoms with Crippen LogP contribution in [0, 0.1) is 6.92 Å². The summed E-state index contributed by atoms with van der Waals surface area (Å²) in [6, 6.07) is 5.61. The van der Waals surface area contributed by atoms with Gasteiger partial charge in [0.25, 0.3) is 0 Å². The second kappa shape index (κ2) is 7.02. The third-order valence-corrected chi connectivity index (χ3v) is 3.29. The topological polar surface area (TPSA) is 59.9 Å². The molecule has 0 fully saturated rings. The summed E-state index contributed by atoms with van der Waals surface area (Å²) in [7, 11) is 1.60. The molecule has 0 bridgehead atoms. The average molecular weight is 286 g/mol. The molecule has 0 atom stereocenters. The molecule has 112 valence electrons. The standard InChI is InChI=1S/C16H22N4O/c1-5-10-17-15-11(3)12(6-2)19-16(20-15)13-8-7-9-14(18-13)21-4/h7-9H,5-6,10H2,1-4H3,(H,17,19,20). The Morgan fingerprint density at radius 3 is 2.62 bits per heavy atom. The fraction of sp³-hybridized carbons (Fsp3) is 0.438. The molecule has 5 nitrogen and oxygen atoms in total. The molecule has 2 aromatic heterocycles. The monoisotopic (exact) mass is 286 g/mol. The predicted molar refractivity (Wildman–Crippen MR) is 84.7 cm³/mol. The summed E-state index contributed by atoms with van der Waals surface area (Å²) in [6.45, 7) is 7.18. The Hall–Kier alpha value is -2.17. The van der Waals surface area contributed by atoms with E-state index < -0.39 is 0 Å². The van der Waals surface area contributed by atoms with Crippen molar-refractivity contribution in [2.75, 3.05) is 19.0 Å². The maximum atomic E-state index is 5.17. The number of hydrogen-bond donors (Lipinski definition) is 1. The highest BCUT2D eigenvalue weighted by atomic mass is 16.5. The normalized spacial score (nSPS) is 10.5. The SMILES string of the molecule is CCCNc1nc(-c2cccc(OC)n2)nc(CC)c1C. The van der Waals surface area contributed by atoms with E-state index in [4.69, 9.17) is 4.74 Å². The first-order valence-electron chi connectivity index (χ1n) is 7.32. The van der Waals surface area contributed by atoms with Crippen LogP contribution in [0.1, 0.15) is 31.5 Å². The van der Waals surface area contributed by atoms with Gasteiger partial charge in [0.05, 0.1) is 7.11 Å². The summed E-state index contributed by atoms with van der Waals surface area (Å²) in [5.41, 5.74) is 2.88. The second-order valence-corrected chi connectivity index (χ2v) is 4.81. The molecule has 2 heterocycles. The Kier molecular flexibility index (Phi) is 5.09. The van der Waals surface area contributed by atoms with Crippen molar-refractivity contribution >= 4 is 5.82 Å². The van der Waals surface area contributed by atoms with Gasteiger partial charge in [-0.3, -0.25) is 0 Å². The molecule has 1 N–H and O–H groups in total. The van der Waals surface area contributed by atoms with Crippen LogP contribution in [0.3, 0.4) is 0 Å². The first kappa shape index (κ1) is 15.2. The van der Waals surface area contributed by atoms with Crippen LogP contribution in [-0.4, -0.2) is 28.6 Å². The molecular formula is C16H22N4O. The summed E-state index contributed by atoms with van der Waals surface area (Å²) in [6.07, 6.45) is 1.92. The first-order valence-corrected chi connectivity index (χ1v) is 7.32. The highest BCUT2D eigenvalue weighted by molar-refractivity contribution is 5.57. The molecule has 0 aliphatic rings. The van der Waals surface area contributed by atoms with Crippen molar-refractivity contribution in [3.63, 3.8) is 0 Å². The summed E-state index contributed by atoms with van der Waals surface area (Å²) in [5, 5.41) is 3.37. The third-order valence-electron chi connectivity index (χ3n) is 3.29. The van der Waals surface area contributed by atoms with E-state index in [2.05, 4.69) is 41.0 Å². The van der Waals surface area contributed by atoms with E-state index in [1.165, 1.54) is 0 Å². The van der Waals surface area contributed by atoms with E-state index >= 15 is 0 Å². The molecule has 0 unspecified atom stereocenters. The minimum absolute atomic E-state index is 0.567. The molecule has 0 radical (unpaired) electrons. The van der Waals surface area contributed by atoms with Crippen molar-refractivity contribution < 1.29 is 4.74 Å². The molecule has 21 heavy (non-hydrogen) atoms. The highest BCUT2D eigenvalue weighted by Gasteiger charge is 2.12. The number of nitrogens with one attached hydrogen (secondary N) is 1. The Morgan fingerprint density at radius 1 is 1.14 bits per heavy atom. The smallest absolute Gasteiger partial charge is 0.213 e. The molecule has 5 heteroatoms. The number of anilines is 1. The Morgan fingerprint density at radius 2 is 1.95 bits per heavy atom.